The Labute approximate surface area is 188 Å². The monoisotopic (exact) mass is 426 g/mol. The molecule has 2 unspecified atom stereocenters. The number of hydrogen-bond acceptors (Lipinski definition) is 3. The molecule has 2 heterocycles. The molecule has 0 saturated carbocycles. The normalized spacial score (nSPS) is 18.1. The Hall–Kier alpha value is -3.15. The number of aromatic nitrogens is 2. The van der Waals surface area contributed by atoms with E-state index in [9.17, 15) is 4.79 Å². The number of nitrogens with zero attached hydrogens (tertiary/aromatic N) is 2. The lowest BCUT2D eigenvalue weighted by Gasteiger charge is -2.39. The minimum absolute atomic E-state index is 0.0293. The summed E-state index contributed by atoms with van der Waals surface area (Å²) in [7, 11) is 0. The van der Waals surface area contributed by atoms with Crippen molar-refractivity contribution in [2.24, 2.45) is 0 Å². The highest BCUT2D eigenvalue weighted by atomic mass is 16.1. The molecule has 1 saturated heterocycles. The second kappa shape index (κ2) is 9.15. The molecule has 1 aromatic heterocycles. The van der Waals surface area contributed by atoms with Crippen molar-refractivity contribution < 1.29 is 0 Å². The third-order valence-corrected chi connectivity index (χ3v) is 6.55. The summed E-state index contributed by atoms with van der Waals surface area (Å²) in [5.74, 6) is 0. The van der Waals surface area contributed by atoms with Crippen molar-refractivity contribution in [1.29, 1.82) is 0 Å². The largest absolute Gasteiger partial charge is 0.327 e. The molecule has 164 valence electrons. The van der Waals surface area contributed by atoms with Gasteiger partial charge >= 0.3 is 5.69 Å². The summed E-state index contributed by atoms with van der Waals surface area (Å²) in [5.41, 5.74) is 5.80. The topological polar surface area (TPSA) is 53.1 Å². The zero-order chi connectivity index (χ0) is 21.9. The van der Waals surface area contributed by atoms with Crippen molar-refractivity contribution in [1.82, 2.24) is 19.8 Å². The number of hydrogen-bond donors (Lipinski definition) is 2. The number of fused-ring (bicyclic) bond motifs is 1. The fraction of sp³-hybridized carbons (Fsp3) is 0.296. The van der Waals surface area contributed by atoms with Crippen LogP contribution in [0.15, 0.2) is 83.7 Å². The van der Waals surface area contributed by atoms with Gasteiger partial charge in [0.05, 0.1) is 17.2 Å². The first kappa shape index (κ1) is 20.7. The zero-order valence-corrected chi connectivity index (χ0v) is 18.5. The Morgan fingerprint density at radius 3 is 2.44 bits per heavy atom. The van der Waals surface area contributed by atoms with Gasteiger partial charge in [-0.2, -0.15) is 0 Å². The first-order valence-electron chi connectivity index (χ1n) is 11.5. The predicted octanol–water partition coefficient (Wildman–Crippen LogP) is 4.48. The van der Waals surface area contributed by atoms with Gasteiger partial charge in [0.15, 0.2) is 0 Å². The van der Waals surface area contributed by atoms with E-state index in [1.54, 1.807) is 0 Å². The van der Waals surface area contributed by atoms with E-state index in [1.807, 2.05) is 28.8 Å². The molecule has 2 N–H and O–H groups in total. The van der Waals surface area contributed by atoms with Crippen molar-refractivity contribution in [2.45, 2.75) is 32.0 Å². The van der Waals surface area contributed by atoms with Gasteiger partial charge in [-0.1, -0.05) is 73.7 Å². The van der Waals surface area contributed by atoms with Crippen LogP contribution < -0.4 is 11.0 Å². The van der Waals surface area contributed by atoms with Gasteiger partial charge < -0.3 is 10.3 Å². The van der Waals surface area contributed by atoms with E-state index >= 15 is 0 Å². The number of para-hydroxylation sites is 2. The van der Waals surface area contributed by atoms with Gasteiger partial charge in [0.1, 0.15) is 0 Å². The average Bonchev–Trinajstić information content (AvgIpc) is 3.17. The highest BCUT2D eigenvalue weighted by Gasteiger charge is 2.28. The quantitative estimate of drug-likeness (QED) is 0.478. The van der Waals surface area contributed by atoms with Gasteiger partial charge in [-0.05, 0) is 41.7 Å². The molecule has 0 radical (unpaired) electrons. The summed E-state index contributed by atoms with van der Waals surface area (Å²) in [6.45, 7) is 4.87. The molecule has 1 aliphatic rings. The summed E-state index contributed by atoms with van der Waals surface area (Å²) in [5, 5.41) is 3.67. The first-order chi connectivity index (χ1) is 15.7. The first-order valence-corrected chi connectivity index (χ1v) is 11.5. The lowest BCUT2D eigenvalue weighted by Crippen LogP contribution is -2.49. The second-order valence-corrected chi connectivity index (χ2v) is 8.61. The fourth-order valence-electron chi connectivity index (χ4n) is 4.94. The van der Waals surface area contributed by atoms with Crippen molar-refractivity contribution in [2.75, 3.05) is 19.6 Å². The van der Waals surface area contributed by atoms with E-state index in [0.717, 1.165) is 43.5 Å². The van der Waals surface area contributed by atoms with Gasteiger partial charge in [-0.15, -0.1) is 0 Å². The van der Waals surface area contributed by atoms with Gasteiger partial charge in [0, 0.05) is 25.7 Å². The van der Waals surface area contributed by atoms with E-state index in [4.69, 9.17) is 0 Å². The molecule has 5 rings (SSSR count). The fourth-order valence-corrected chi connectivity index (χ4v) is 4.94. The molecule has 0 bridgehead atoms. The van der Waals surface area contributed by atoms with Crippen LogP contribution in [0.1, 0.15) is 42.2 Å². The molecule has 5 nitrogen and oxygen atoms in total. The molecular formula is C27H30N4O. The molecule has 3 aromatic carbocycles. The summed E-state index contributed by atoms with van der Waals surface area (Å²) < 4.78 is 1.93. The molecule has 4 aromatic rings. The van der Waals surface area contributed by atoms with Crippen LogP contribution in [0.4, 0.5) is 0 Å². The van der Waals surface area contributed by atoms with Crippen LogP contribution in [-0.2, 0) is 6.42 Å². The highest BCUT2D eigenvalue weighted by molar-refractivity contribution is 5.75. The van der Waals surface area contributed by atoms with Gasteiger partial charge in [-0.25, -0.2) is 4.79 Å². The SMILES string of the molecule is CCC(N1CCNC(c2ccc(Cc3ccccc3)cc2)C1)n1c(=O)[nH]c2ccccc21. The Balaban J connectivity index is 1.34. The van der Waals surface area contributed by atoms with E-state index in [2.05, 4.69) is 76.7 Å². The van der Waals surface area contributed by atoms with Crippen molar-refractivity contribution >= 4 is 11.0 Å². The third kappa shape index (κ3) is 4.14. The Morgan fingerprint density at radius 1 is 0.938 bits per heavy atom. The number of imidazole rings is 1. The summed E-state index contributed by atoms with van der Waals surface area (Å²) in [6.07, 6.45) is 1.87. The molecule has 0 spiro atoms. The smallest absolute Gasteiger partial charge is 0.308 e. The molecule has 32 heavy (non-hydrogen) atoms. The molecule has 1 fully saturated rings. The van der Waals surface area contributed by atoms with E-state index in [0.29, 0.717) is 0 Å². The number of rotatable bonds is 6. The van der Waals surface area contributed by atoms with Gasteiger partial charge in [0.2, 0.25) is 0 Å². The number of aromatic amines is 1. The molecule has 2 atom stereocenters. The van der Waals surface area contributed by atoms with Crippen LogP contribution in [0.25, 0.3) is 11.0 Å². The molecular weight excluding hydrogens is 396 g/mol. The summed E-state index contributed by atoms with van der Waals surface area (Å²) in [4.78, 5) is 18.2. The third-order valence-electron chi connectivity index (χ3n) is 6.55. The highest BCUT2D eigenvalue weighted by Crippen LogP contribution is 2.26. The Bertz CT molecular complexity index is 1230. The second-order valence-electron chi connectivity index (χ2n) is 8.61. The van der Waals surface area contributed by atoms with Crippen LogP contribution in [0.5, 0.6) is 0 Å². The van der Waals surface area contributed by atoms with E-state index in [-0.39, 0.29) is 17.9 Å². The maximum Gasteiger partial charge on any atom is 0.327 e. The molecule has 0 aliphatic carbocycles. The van der Waals surface area contributed by atoms with Crippen LogP contribution in [0.3, 0.4) is 0 Å². The van der Waals surface area contributed by atoms with Crippen LogP contribution >= 0.6 is 0 Å². The van der Waals surface area contributed by atoms with Crippen LogP contribution in [-0.4, -0.2) is 34.1 Å². The average molecular weight is 427 g/mol. The van der Waals surface area contributed by atoms with Gasteiger partial charge in [-0.3, -0.25) is 9.47 Å². The number of nitrogens with one attached hydrogen (secondary N) is 2. The lowest BCUT2D eigenvalue weighted by molar-refractivity contribution is 0.0956. The maximum absolute atomic E-state index is 12.8. The van der Waals surface area contributed by atoms with Crippen molar-refractivity contribution in [3.63, 3.8) is 0 Å². The number of benzene rings is 3. The Morgan fingerprint density at radius 2 is 1.66 bits per heavy atom. The molecule has 1 aliphatic heterocycles. The minimum atomic E-state index is -0.0293. The van der Waals surface area contributed by atoms with E-state index < -0.39 is 0 Å². The van der Waals surface area contributed by atoms with Crippen LogP contribution in [0.2, 0.25) is 0 Å². The standard InChI is InChI=1S/C27H30N4O/c1-2-26(31-25-11-7-6-10-23(25)29-27(31)32)30-17-16-28-24(19-30)22-14-12-21(13-15-22)18-20-8-4-3-5-9-20/h3-15,24,26,28H,2,16-19H2,1H3,(H,29,32). The predicted molar refractivity (Wildman–Crippen MR) is 130 cm³/mol. The van der Waals surface area contributed by atoms with Crippen LogP contribution in [0, 0.1) is 0 Å². The maximum atomic E-state index is 12.8. The van der Waals surface area contributed by atoms with Crippen molar-refractivity contribution in [3.05, 3.63) is 106 Å². The Kier molecular flexibility index (Phi) is 5.93. The number of H-pyrrole nitrogens is 1. The van der Waals surface area contributed by atoms with Gasteiger partial charge in [0.25, 0.3) is 0 Å². The minimum Gasteiger partial charge on any atom is -0.308 e. The molecule has 0 amide bonds. The lowest BCUT2D eigenvalue weighted by atomic mass is 9.99. The molecule has 5 heteroatoms. The number of piperazine rings is 1. The van der Waals surface area contributed by atoms with Crippen molar-refractivity contribution in [3.8, 4) is 0 Å². The zero-order valence-electron chi connectivity index (χ0n) is 18.5. The van der Waals surface area contributed by atoms with E-state index in [1.165, 1.54) is 16.7 Å². The summed E-state index contributed by atoms with van der Waals surface area (Å²) in [6, 6.07) is 27.8. The summed E-state index contributed by atoms with van der Waals surface area (Å²) >= 11 is 0.